The van der Waals surface area contributed by atoms with E-state index in [0.717, 1.165) is 23.1 Å². The summed E-state index contributed by atoms with van der Waals surface area (Å²) < 4.78 is 2.92. The molecule has 1 heterocycles. The molecule has 3 nitrogen and oxygen atoms in total. The van der Waals surface area contributed by atoms with E-state index in [1.165, 1.54) is 5.56 Å². The number of aryl methyl sites for hydroxylation is 1. The van der Waals surface area contributed by atoms with Crippen molar-refractivity contribution in [1.82, 2.24) is 9.78 Å². The summed E-state index contributed by atoms with van der Waals surface area (Å²) in [6.45, 7) is 0.711. The number of benzene rings is 1. The van der Waals surface area contributed by atoms with E-state index in [-0.39, 0.29) is 0 Å². The van der Waals surface area contributed by atoms with E-state index in [1.807, 2.05) is 41.2 Å². The summed E-state index contributed by atoms with van der Waals surface area (Å²) >= 11 is 3.58. The number of hydrogen-bond donors (Lipinski definition) is 1. The molecule has 0 amide bonds. The first-order valence-corrected chi connectivity index (χ1v) is 6.10. The van der Waals surface area contributed by atoms with E-state index in [0.29, 0.717) is 6.54 Å². The first kappa shape index (κ1) is 11.4. The van der Waals surface area contributed by atoms with E-state index in [1.54, 1.807) is 0 Å². The maximum absolute atomic E-state index is 5.50. The van der Waals surface area contributed by atoms with Crippen molar-refractivity contribution in [3.63, 3.8) is 0 Å². The van der Waals surface area contributed by atoms with Crippen molar-refractivity contribution in [2.45, 2.75) is 12.8 Å². The smallest absolute Gasteiger partial charge is 0.113 e. The lowest BCUT2D eigenvalue weighted by molar-refractivity contribution is 0.823. The van der Waals surface area contributed by atoms with E-state index in [4.69, 9.17) is 5.73 Å². The zero-order chi connectivity index (χ0) is 11.4. The number of aromatic nitrogens is 2. The van der Waals surface area contributed by atoms with Crippen LogP contribution in [0, 0.1) is 0 Å². The highest BCUT2D eigenvalue weighted by molar-refractivity contribution is 9.10. The molecular formula is C12H14BrN3. The first-order valence-electron chi connectivity index (χ1n) is 5.31. The second kappa shape index (κ2) is 5.27. The summed E-state index contributed by atoms with van der Waals surface area (Å²) in [5.41, 5.74) is 7.77. The van der Waals surface area contributed by atoms with E-state index in [9.17, 15) is 0 Å². The van der Waals surface area contributed by atoms with Gasteiger partial charge in [-0.15, -0.1) is 0 Å². The van der Waals surface area contributed by atoms with E-state index in [2.05, 4.69) is 21.0 Å². The Labute approximate surface area is 103 Å². The van der Waals surface area contributed by atoms with Gasteiger partial charge >= 0.3 is 0 Å². The number of nitrogens with zero attached hydrogens (tertiary/aromatic N) is 2. The highest BCUT2D eigenvalue weighted by Crippen LogP contribution is 2.21. The molecule has 1 aromatic heterocycles. The Bertz CT molecular complexity index is 451. The topological polar surface area (TPSA) is 43.8 Å². The van der Waals surface area contributed by atoms with Crippen LogP contribution >= 0.6 is 15.9 Å². The zero-order valence-electron chi connectivity index (χ0n) is 8.94. The zero-order valence-corrected chi connectivity index (χ0v) is 10.5. The lowest BCUT2D eigenvalue weighted by Gasteiger charge is -2.03. The summed E-state index contributed by atoms with van der Waals surface area (Å²) in [5, 5.41) is 4.37. The quantitative estimate of drug-likeness (QED) is 0.935. The largest absolute Gasteiger partial charge is 0.330 e. The molecule has 2 N–H and O–H groups in total. The van der Waals surface area contributed by atoms with Gasteiger partial charge in [-0.3, -0.25) is 0 Å². The second-order valence-electron chi connectivity index (χ2n) is 3.60. The monoisotopic (exact) mass is 279 g/mol. The molecule has 16 heavy (non-hydrogen) atoms. The van der Waals surface area contributed by atoms with Crippen molar-refractivity contribution in [2.75, 3.05) is 6.54 Å². The van der Waals surface area contributed by atoms with Crippen LogP contribution in [0.2, 0.25) is 0 Å². The molecule has 1 aromatic carbocycles. The van der Waals surface area contributed by atoms with Gasteiger partial charge in [0.15, 0.2) is 0 Å². The number of nitrogens with two attached hydrogens (primary N) is 1. The predicted molar refractivity (Wildman–Crippen MR) is 68.6 cm³/mol. The molecule has 0 saturated heterocycles. The molecular weight excluding hydrogens is 266 g/mol. The molecule has 0 atom stereocenters. The van der Waals surface area contributed by atoms with Crippen LogP contribution in [0.3, 0.4) is 0 Å². The second-order valence-corrected chi connectivity index (χ2v) is 4.35. The van der Waals surface area contributed by atoms with Crippen LogP contribution in [-0.2, 0) is 6.42 Å². The summed E-state index contributed by atoms with van der Waals surface area (Å²) in [6, 6.07) is 10.1. The molecule has 0 spiro atoms. The highest BCUT2D eigenvalue weighted by Gasteiger charge is 2.08. The van der Waals surface area contributed by atoms with Crippen molar-refractivity contribution in [1.29, 1.82) is 0 Å². The summed E-state index contributed by atoms with van der Waals surface area (Å²) in [4.78, 5) is 0. The van der Waals surface area contributed by atoms with E-state index >= 15 is 0 Å². The normalized spacial score (nSPS) is 10.6. The molecule has 0 unspecified atom stereocenters. The lowest BCUT2D eigenvalue weighted by Crippen LogP contribution is -2.00. The molecule has 0 fully saturated rings. The Balaban J connectivity index is 2.27. The molecule has 0 aliphatic heterocycles. The van der Waals surface area contributed by atoms with Gasteiger partial charge in [-0.05, 0) is 47.4 Å². The minimum absolute atomic E-state index is 0.711. The van der Waals surface area contributed by atoms with Crippen molar-refractivity contribution < 1.29 is 0 Å². The van der Waals surface area contributed by atoms with Crippen molar-refractivity contribution in [2.24, 2.45) is 5.73 Å². The van der Waals surface area contributed by atoms with Crippen LogP contribution in [0.1, 0.15) is 12.0 Å². The number of rotatable bonds is 4. The summed E-state index contributed by atoms with van der Waals surface area (Å²) in [7, 11) is 0. The summed E-state index contributed by atoms with van der Waals surface area (Å²) in [6.07, 6.45) is 3.84. The fourth-order valence-corrected chi connectivity index (χ4v) is 2.17. The molecule has 0 aliphatic rings. The Morgan fingerprint density at radius 2 is 2.00 bits per heavy atom. The Morgan fingerprint density at radius 1 is 1.25 bits per heavy atom. The fraction of sp³-hybridized carbons (Fsp3) is 0.250. The van der Waals surface area contributed by atoms with Gasteiger partial charge in [-0.1, -0.05) is 18.2 Å². The molecule has 84 valence electrons. The number of hydrogen-bond acceptors (Lipinski definition) is 2. The maximum Gasteiger partial charge on any atom is 0.113 e. The van der Waals surface area contributed by atoms with Gasteiger partial charge in [-0.25, -0.2) is 4.68 Å². The minimum Gasteiger partial charge on any atom is -0.330 e. The lowest BCUT2D eigenvalue weighted by atomic mass is 10.2. The van der Waals surface area contributed by atoms with Gasteiger partial charge in [0, 0.05) is 5.56 Å². The third-order valence-electron chi connectivity index (χ3n) is 2.43. The Kier molecular flexibility index (Phi) is 3.74. The van der Waals surface area contributed by atoms with Gasteiger partial charge in [-0.2, -0.15) is 5.10 Å². The van der Waals surface area contributed by atoms with Gasteiger partial charge in [0.05, 0.1) is 11.9 Å². The third-order valence-corrected chi connectivity index (χ3v) is 3.28. The van der Waals surface area contributed by atoms with Crippen molar-refractivity contribution in [3.8, 4) is 5.69 Å². The Morgan fingerprint density at radius 3 is 2.69 bits per heavy atom. The molecule has 0 saturated carbocycles. The van der Waals surface area contributed by atoms with Crippen LogP contribution in [0.4, 0.5) is 0 Å². The SMILES string of the molecule is NCCCc1cnn(-c2ccccc2)c1Br. The third kappa shape index (κ3) is 2.33. The first-order chi connectivity index (χ1) is 7.83. The van der Waals surface area contributed by atoms with Crippen LogP contribution in [0.25, 0.3) is 5.69 Å². The van der Waals surface area contributed by atoms with Gasteiger partial charge in [0.25, 0.3) is 0 Å². The standard InChI is InChI=1S/C12H14BrN3/c13-12-10(5-4-8-14)9-15-16(12)11-6-2-1-3-7-11/h1-3,6-7,9H,4-5,8,14H2. The van der Waals surface area contributed by atoms with Crippen LogP contribution in [-0.4, -0.2) is 16.3 Å². The molecule has 0 bridgehead atoms. The highest BCUT2D eigenvalue weighted by atomic mass is 79.9. The van der Waals surface area contributed by atoms with E-state index < -0.39 is 0 Å². The van der Waals surface area contributed by atoms with Gasteiger partial charge < -0.3 is 5.73 Å². The number of halogens is 1. The molecule has 2 rings (SSSR count). The van der Waals surface area contributed by atoms with Crippen LogP contribution in [0.5, 0.6) is 0 Å². The van der Waals surface area contributed by atoms with Crippen molar-refractivity contribution in [3.05, 3.63) is 46.7 Å². The molecule has 4 heteroatoms. The molecule has 0 aliphatic carbocycles. The van der Waals surface area contributed by atoms with Gasteiger partial charge in [0.1, 0.15) is 4.60 Å². The molecule has 0 radical (unpaired) electrons. The van der Waals surface area contributed by atoms with Crippen LogP contribution in [0.15, 0.2) is 41.1 Å². The summed E-state index contributed by atoms with van der Waals surface area (Å²) in [5.74, 6) is 0. The predicted octanol–water partition coefficient (Wildman–Crippen LogP) is 2.53. The van der Waals surface area contributed by atoms with Gasteiger partial charge in [0.2, 0.25) is 0 Å². The minimum atomic E-state index is 0.711. The maximum atomic E-state index is 5.50. The molecule has 2 aromatic rings. The fourth-order valence-electron chi connectivity index (χ4n) is 1.58. The van der Waals surface area contributed by atoms with Crippen LogP contribution < -0.4 is 5.73 Å². The van der Waals surface area contributed by atoms with Crippen molar-refractivity contribution >= 4 is 15.9 Å². The number of para-hydroxylation sites is 1. The average molecular weight is 280 g/mol. The average Bonchev–Trinajstić information content (AvgIpc) is 2.69. The Hall–Kier alpha value is -1.13.